The van der Waals surface area contributed by atoms with Gasteiger partial charge in [0.2, 0.25) is 0 Å². The fraction of sp³-hybridized carbons (Fsp3) is 0.312. The van der Waals surface area contributed by atoms with Crippen LogP contribution < -0.4 is 10.6 Å². The third-order valence-electron chi connectivity index (χ3n) is 3.56. The van der Waals surface area contributed by atoms with E-state index in [2.05, 4.69) is 22.1 Å². The number of hydrogen-bond acceptors (Lipinski definition) is 3. The lowest BCUT2D eigenvalue weighted by molar-refractivity contribution is 0.0940. The number of nitrogens with one attached hydrogen (secondary N) is 2. The molecule has 1 atom stereocenters. The van der Waals surface area contributed by atoms with Gasteiger partial charge in [-0.05, 0) is 41.6 Å². The number of carbonyl (C=O) groups is 1. The number of hydrogen-bond donors (Lipinski definition) is 2. The van der Waals surface area contributed by atoms with Gasteiger partial charge in [-0.15, -0.1) is 11.3 Å². The zero-order valence-corrected chi connectivity index (χ0v) is 12.3. The zero-order valence-electron chi connectivity index (χ0n) is 11.5. The van der Waals surface area contributed by atoms with E-state index in [0.29, 0.717) is 0 Å². The van der Waals surface area contributed by atoms with Crippen LogP contribution in [0.3, 0.4) is 0 Å². The van der Waals surface area contributed by atoms with Crippen molar-refractivity contribution in [2.45, 2.75) is 32.5 Å². The second kappa shape index (κ2) is 5.77. The molecule has 0 spiro atoms. The molecule has 1 amide bonds. The maximum atomic E-state index is 12.3. The molecule has 104 valence electrons. The highest BCUT2D eigenvalue weighted by Crippen LogP contribution is 2.17. The lowest BCUT2D eigenvalue weighted by Gasteiger charge is -2.13. The average molecular weight is 286 g/mol. The van der Waals surface area contributed by atoms with Crippen molar-refractivity contribution in [1.29, 1.82) is 0 Å². The predicted octanol–water partition coefficient (Wildman–Crippen LogP) is 2.71. The molecule has 1 aromatic heterocycles. The van der Waals surface area contributed by atoms with Gasteiger partial charge in [0, 0.05) is 36.0 Å². The molecule has 2 heterocycles. The van der Waals surface area contributed by atoms with Crippen LogP contribution in [0.1, 0.15) is 33.3 Å². The van der Waals surface area contributed by atoms with Crippen LogP contribution in [0.15, 0.2) is 35.7 Å². The lowest BCUT2D eigenvalue weighted by atomic mass is 10.1. The third kappa shape index (κ3) is 2.92. The number of carbonyl (C=O) groups excluding carboxylic acids is 1. The van der Waals surface area contributed by atoms with Crippen LogP contribution in [-0.2, 0) is 19.5 Å². The van der Waals surface area contributed by atoms with E-state index in [1.165, 1.54) is 16.0 Å². The van der Waals surface area contributed by atoms with Gasteiger partial charge in [-0.25, -0.2) is 0 Å². The second-order valence-electron chi connectivity index (χ2n) is 5.25. The minimum atomic E-state index is 0.0174. The molecular formula is C16H18N2OS. The van der Waals surface area contributed by atoms with Crippen molar-refractivity contribution in [3.63, 3.8) is 0 Å². The van der Waals surface area contributed by atoms with E-state index in [9.17, 15) is 4.79 Å². The average Bonchev–Trinajstić information content (AvgIpc) is 3.07. The molecule has 0 fully saturated rings. The van der Waals surface area contributed by atoms with Gasteiger partial charge < -0.3 is 10.6 Å². The monoisotopic (exact) mass is 286 g/mol. The molecule has 0 saturated carbocycles. The van der Waals surface area contributed by atoms with Crippen LogP contribution >= 0.6 is 11.3 Å². The lowest BCUT2D eigenvalue weighted by Crippen LogP contribution is -2.33. The first-order chi connectivity index (χ1) is 9.72. The Kier molecular flexibility index (Phi) is 3.85. The molecule has 3 rings (SSSR count). The summed E-state index contributed by atoms with van der Waals surface area (Å²) in [6, 6.07) is 10.3. The maximum absolute atomic E-state index is 12.3. The molecule has 3 nitrogen and oxygen atoms in total. The molecule has 1 aliphatic rings. The summed E-state index contributed by atoms with van der Waals surface area (Å²) in [5, 5.41) is 8.43. The molecule has 1 unspecified atom stereocenters. The molecular weight excluding hydrogens is 268 g/mol. The van der Waals surface area contributed by atoms with Crippen LogP contribution in [0.5, 0.6) is 0 Å². The Bertz CT molecular complexity index is 607. The molecule has 0 radical (unpaired) electrons. The highest BCUT2D eigenvalue weighted by atomic mass is 32.1. The minimum Gasteiger partial charge on any atom is -0.349 e. The van der Waals surface area contributed by atoms with Gasteiger partial charge in [0.1, 0.15) is 0 Å². The van der Waals surface area contributed by atoms with Gasteiger partial charge in [-0.3, -0.25) is 4.79 Å². The summed E-state index contributed by atoms with van der Waals surface area (Å²) >= 11 is 1.73. The van der Waals surface area contributed by atoms with Crippen LogP contribution in [0.2, 0.25) is 0 Å². The zero-order chi connectivity index (χ0) is 13.9. The predicted molar refractivity (Wildman–Crippen MR) is 81.9 cm³/mol. The van der Waals surface area contributed by atoms with Crippen molar-refractivity contribution in [2.75, 3.05) is 0 Å². The standard InChI is InChI=1S/C16H18N2OS/c1-11(7-15-3-2-6-20-15)18-16(19)12-4-5-13-9-17-10-14(13)8-12/h2-6,8,11,17H,7,9-10H2,1H3,(H,18,19). The summed E-state index contributed by atoms with van der Waals surface area (Å²) in [5.74, 6) is 0.0174. The summed E-state index contributed by atoms with van der Waals surface area (Å²) in [6.45, 7) is 3.82. The van der Waals surface area contributed by atoms with Crippen molar-refractivity contribution >= 4 is 17.2 Å². The summed E-state index contributed by atoms with van der Waals surface area (Å²) in [5.41, 5.74) is 3.29. The van der Waals surface area contributed by atoms with Gasteiger partial charge >= 0.3 is 0 Å². The Balaban J connectivity index is 1.64. The van der Waals surface area contributed by atoms with E-state index in [1.807, 2.05) is 31.2 Å². The number of fused-ring (bicyclic) bond motifs is 1. The summed E-state index contributed by atoms with van der Waals surface area (Å²) in [7, 11) is 0. The van der Waals surface area contributed by atoms with Gasteiger partial charge in [0.15, 0.2) is 0 Å². The Labute approximate surface area is 123 Å². The molecule has 0 saturated heterocycles. The normalized spacial score (nSPS) is 14.8. The largest absolute Gasteiger partial charge is 0.349 e. The molecule has 2 aromatic rings. The van der Waals surface area contributed by atoms with Crippen molar-refractivity contribution < 1.29 is 4.79 Å². The minimum absolute atomic E-state index is 0.0174. The van der Waals surface area contributed by atoms with E-state index in [4.69, 9.17) is 0 Å². The fourth-order valence-electron chi connectivity index (χ4n) is 2.52. The molecule has 0 aliphatic carbocycles. The van der Waals surface area contributed by atoms with Crippen molar-refractivity contribution in [2.24, 2.45) is 0 Å². The Morgan fingerprint density at radius 3 is 3.00 bits per heavy atom. The summed E-state index contributed by atoms with van der Waals surface area (Å²) < 4.78 is 0. The highest BCUT2D eigenvalue weighted by Gasteiger charge is 2.15. The first-order valence-electron chi connectivity index (χ1n) is 6.88. The number of benzene rings is 1. The van der Waals surface area contributed by atoms with Crippen LogP contribution in [0.4, 0.5) is 0 Å². The van der Waals surface area contributed by atoms with Crippen molar-refractivity contribution in [3.8, 4) is 0 Å². The van der Waals surface area contributed by atoms with Gasteiger partial charge in [0.25, 0.3) is 5.91 Å². The van der Waals surface area contributed by atoms with Crippen molar-refractivity contribution in [3.05, 3.63) is 57.3 Å². The topological polar surface area (TPSA) is 41.1 Å². The van der Waals surface area contributed by atoms with Gasteiger partial charge in [-0.1, -0.05) is 12.1 Å². The van der Waals surface area contributed by atoms with Crippen LogP contribution in [0, 0.1) is 0 Å². The molecule has 4 heteroatoms. The van der Waals surface area contributed by atoms with E-state index in [0.717, 1.165) is 25.1 Å². The van der Waals surface area contributed by atoms with Crippen LogP contribution in [-0.4, -0.2) is 11.9 Å². The van der Waals surface area contributed by atoms with Crippen molar-refractivity contribution in [1.82, 2.24) is 10.6 Å². The van der Waals surface area contributed by atoms with E-state index < -0.39 is 0 Å². The Morgan fingerprint density at radius 1 is 1.35 bits per heavy atom. The van der Waals surface area contributed by atoms with E-state index in [-0.39, 0.29) is 11.9 Å². The smallest absolute Gasteiger partial charge is 0.251 e. The SMILES string of the molecule is CC(Cc1cccs1)NC(=O)c1ccc2c(c1)CNC2. The Hall–Kier alpha value is -1.65. The van der Waals surface area contributed by atoms with E-state index >= 15 is 0 Å². The van der Waals surface area contributed by atoms with Crippen LogP contribution in [0.25, 0.3) is 0 Å². The summed E-state index contributed by atoms with van der Waals surface area (Å²) in [6.07, 6.45) is 0.885. The van der Waals surface area contributed by atoms with Gasteiger partial charge in [0.05, 0.1) is 0 Å². The first kappa shape index (κ1) is 13.3. The third-order valence-corrected chi connectivity index (χ3v) is 4.46. The molecule has 2 N–H and O–H groups in total. The Morgan fingerprint density at radius 2 is 2.20 bits per heavy atom. The second-order valence-corrected chi connectivity index (χ2v) is 6.28. The quantitative estimate of drug-likeness (QED) is 0.907. The highest BCUT2D eigenvalue weighted by molar-refractivity contribution is 7.09. The molecule has 1 aliphatic heterocycles. The first-order valence-corrected chi connectivity index (χ1v) is 7.76. The van der Waals surface area contributed by atoms with Gasteiger partial charge in [-0.2, -0.15) is 0 Å². The maximum Gasteiger partial charge on any atom is 0.251 e. The fourth-order valence-corrected chi connectivity index (χ4v) is 3.36. The summed E-state index contributed by atoms with van der Waals surface area (Å²) in [4.78, 5) is 13.6. The number of rotatable bonds is 4. The van der Waals surface area contributed by atoms with E-state index in [1.54, 1.807) is 11.3 Å². The number of amides is 1. The molecule has 1 aromatic carbocycles. The molecule has 0 bridgehead atoms. The number of thiophene rings is 1. The molecule has 20 heavy (non-hydrogen) atoms.